The number of halogens is 1. The van der Waals surface area contributed by atoms with Crippen LogP contribution in [0.25, 0.3) is 0 Å². The number of likely N-dealkylation sites (N-methyl/N-ethyl adjacent to an activating group) is 1. The minimum absolute atomic E-state index is 0.134. The molecule has 1 aliphatic carbocycles. The van der Waals surface area contributed by atoms with Crippen LogP contribution in [0.4, 0.5) is 4.39 Å². The summed E-state index contributed by atoms with van der Waals surface area (Å²) < 4.78 is 13.4. The van der Waals surface area contributed by atoms with E-state index in [1.165, 1.54) is 31.4 Å². The Morgan fingerprint density at radius 2 is 1.86 bits per heavy atom. The van der Waals surface area contributed by atoms with Gasteiger partial charge in [0.15, 0.2) is 0 Å². The first-order chi connectivity index (χ1) is 13.6. The van der Waals surface area contributed by atoms with Crippen LogP contribution >= 0.6 is 0 Å². The lowest BCUT2D eigenvalue weighted by Crippen LogP contribution is -2.47. The van der Waals surface area contributed by atoms with E-state index in [0.29, 0.717) is 37.8 Å². The van der Waals surface area contributed by atoms with Crippen LogP contribution in [0.1, 0.15) is 55.8 Å². The molecule has 1 heterocycles. The second-order valence-corrected chi connectivity index (χ2v) is 7.90. The zero-order valence-electron chi connectivity index (χ0n) is 16.9. The molecule has 1 aliphatic heterocycles. The third kappa shape index (κ3) is 5.31. The Bertz CT molecular complexity index is 676. The number of carbonyl (C=O) groups is 2. The summed E-state index contributed by atoms with van der Waals surface area (Å²) in [5.41, 5.74) is 0.388. The molecule has 0 N–H and O–H groups in total. The highest BCUT2D eigenvalue weighted by Crippen LogP contribution is 2.23. The van der Waals surface area contributed by atoms with Crippen LogP contribution in [0.2, 0.25) is 0 Å². The molecule has 1 aromatic rings. The number of hydrogen-bond acceptors (Lipinski definition) is 3. The van der Waals surface area contributed by atoms with Crippen LogP contribution in [0.5, 0.6) is 0 Å². The van der Waals surface area contributed by atoms with Gasteiger partial charge in [-0.15, -0.1) is 0 Å². The first-order valence-electron chi connectivity index (χ1n) is 10.6. The van der Waals surface area contributed by atoms with Crippen molar-refractivity contribution >= 4 is 11.8 Å². The Kier molecular flexibility index (Phi) is 7.43. The Morgan fingerprint density at radius 3 is 2.57 bits per heavy atom. The number of benzene rings is 1. The smallest absolute Gasteiger partial charge is 0.254 e. The maximum absolute atomic E-state index is 13.4. The Hall–Kier alpha value is -1.95. The van der Waals surface area contributed by atoms with E-state index in [-0.39, 0.29) is 11.8 Å². The number of nitrogens with zero attached hydrogens (tertiary/aromatic N) is 3. The fourth-order valence-corrected chi connectivity index (χ4v) is 4.45. The molecule has 2 aliphatic rings. The number of amides is 2. The average Bonchev–Trinajstić information content (AvgIpc) is 2.94. The molecule has 1 saturated carbocycles. The summed E-state index contributed by atoms with van der Waals surface area (Å²) in [6.45, 7) is 5.94. The molecule has 1 saturated heterocycles. The summed E-state index contributed by atoms with van der Waals surface area (Å²) in [5, 5.41) is 0. The Balaban J connectivity index is 1.54. The van der Waals surface area contributed by atoms with Gasteiger partial charge in [0.25, 0.3) is 5.91 Å². The minimum Gasteiger partial charge on any atom is -0.339 e. The monoisotopic (exact) mass is 389 g/mol. The number of hydrogen-bond donors (Lipinski definition) is 0. The second kappa shape index (κ2) is 10.0. The van der Waals surface area contributed by atoms with Crippen LogP contribution in [-0.2, 0) is 4.79 Å². The molecular weight excluding hydrogens is 357 g/mol. The highest BCUT2D eigenvalue weighted by Gasteiger charge is 2.27. The maximum Gasteiger partial charge on any atom is 0.254 e. The first kappa shape index (κ1) is 20.8. The van der Waals surface area contributed by atoms with Gasteiger partial charge in [-0.05, 0) is 44.4 Å². The summed E-state index contributed by atoms with van der Waals surface area (Å²) in [6.07, 6.45) is 6.78. The summed E-state index contributed by atoms with van der Waals surface area (Å²) in [6, 6.07) is 6.25. The van der Waals surface area contributed by atoms with E-state index in [0.717, 1.165) is 32.4 Å². The predicted molar refractivity (Wildman–Crippen MR) is 108 cm³/mol. The van der Waals surface area contributed by atoms with Gasteiger partial charge in [-0.25, -0.2) is 4.39 Å². The van der Waals surface area contributed by atoms with Gasteiger partial charge in [-0.3, -0.25) is 14.5 Å². The average molecular weight is 390 g/mol. The highest BCUT2D eigenvalue weighted by atomic mass is 19.1. The molecule has 0 aromatic heterocycles. The van der Waals surface area contributed by atoms with E-state index in [9.17, 15) is 14.0 Å². The van der Waals surface area contributed by atoms with Gasteiger partial charge in [0, 0.05) is 44.3 Å². The Labute approximate surface area is 167 Å². The third-order valence-corrected chi connectivity index (χ3v) is 5.98. The van der Waals surface area contributed by atoms with E-state index >= 15 is 0 Å². The van der Waals surface area contributed by atoms with E-state index < -0.39 is 5.82 Å². The fraction of sp³-hybridized carbons (Fsp3) is 0.636. The molecule has 0 atom stereocenters. The van der Waals surface area contributed by atoms with Gasteiger partial charge in [-0.1, -0.05) is 25.3 Å². The molecule has 2 amide bonds. The van der Waals surface area contributed by atoms with E-state index in [1.807, 2.05) is 0 Å². The fourth-order valence-electron chi connectivity index (χ4n) is 4.45. The zero-order valence-corrected chi connectivity index (χ0v) is 16.9. The van der Waals surface area contributed by atoms with Crippen LogP contribution in [0.3, 0.4) is 0 Å². The normalized spacial score (nSPS) is 19.3. The van der Waals surface area contributed by atoms with E-state index in [2.05, 4.69) is 16.7 Å². The largest absolute Gasteiger partial charge is 0.339 e. The molecule has 3 rings (SSSR count). The first-order valence-corrected chi connectivity index (χ1v) is 10.6. The molecule has 0 spiro atoms. The van der Waals surface area contributed by atoms with Crippen LogP contribution < -0.4 is 0 Å². The van der Waals surface area contributed by atoms with E-state index in [1.54, 1.807) is 17.0 Å². The van der Waals surface area contributed by atoms with Gasteiger partial charge in [0.05, 0.1) is 6.54 Å². The lowest BCUT2D eigenvalue weighted by atomic mass is 9.94. The topological polar surface area (TPSA) is 43.9 Å². The van der Waals surface area contributed by atoms with Crippen molar-refractivity contribution in [1.29, 1.82) is 0 Å². The van der Waals surface area contributed by atoms with Crippen molar-refractivity contribution in [1.82, 2.24) is 14.7 Å². The Morgan fingerprint density at radius 1 is 1.07 bits per heavy atom. The van der Waals surface area contributed by atoms with Crippen LogP contribution in [-0.4, -0.2) is 71.8 Å². The van der Waals surface area contributed by atoms with Gasteiger partial charge in [0.2, 0.25) is 5.91 Å². The molecule has 6 heteroatoms. The molecule has 0 radical (unpaired) electrons. The van der Waals surface area contributed by atoms with Crippen LogP contribution in [0.15, 0.2) is 24.3 Å². The van der Waals surface area contributed by atoms with Crippen molar-refractivity contribution in [2.24, 2.45) is 0 Å². The van der Waals surface area contributed by atoms with Gasteiger partial charge in [-0.2, -0.15) is 0 Å². The zero-order chi connectivity index (χ0) is 19.9. The van der Waals surface area contributed by atoms with Crippen molar-refractivity contribution in [2.75, 3.05) is 39.3 Å². The number of rotatable bonds is 5. The van der Waals surface area contributed by atoms with Gasteiger partial charge in [0.1, 0.15) is 5.82 Å². The molecule has 2 fully saturated rings. The van der Waals surface area contributed by atoms with Gasteiger partial charge < -0.3 is 9.80 Å². The molecule has 5 nitrogen and oxygen atoms in total. The number of carbonyl (C=O) groups excluding carboxylic acids is 2. The minimum atomic E-state index is -0.393. The molecule has 1 aromatic carbocycles. The summed E-state index contributed by atoms with van der Waals surface area (Å²) in [7, 11) is 0. The SMILES string of the molecule is CCN(C(=O)CN1CCCN(C(=O)c2cccc(F)c2)CC1)C1CCCCC1. The summed E-state index contributed by atoms with van der Waals surface area (Å²) >= 11 is 0. The molecule has 28 heavy (non-hydrogen) atoms. The van der Waals surface area contributed by atoms with Crippen molar-refractivity contribution in [3.63, 3.8) is 0 Å². The third-order valence-electron chi connectivity index (χ3n) is 5.98. The molecular formula is C22H32FN3O2. The molecule has 0 unspecified atom stereocenters. The van der Waals surface area contributed by atoms with Crippen molar-refractivity contribution in [3.05, 3.63) is 35.6 Å². The van der Waals surface area contributed by atoms with Crippen molar-refractivity contribution in [2.45, 2.75) is 51.5 Å². The molecule has 0 bridgehead atoms. The summed E-state index contributed by atoms with van der Waals surface area (Å²) in [4.78, 5) is 31.5. The van der Waals surface area contributed by atoms with Crippen molar-refractivity contribution in [3.8, 4) is 0 Å². The maximum atomic E-state index is 13.4. The van der Waals surface area contributed by atoms with Gasteiger partial charge >= 0.3 is 0 Å². The summed E-state index contributed by atoms with van der Waals surface area (Å²) in [5.74, 6) is -0.320. The predicted octanol–water partition coefficient (Wildman–Crippen LogP) is 3.15. The van der Waals surface area contributed by atoms with Crippen LogP contribution in [0, 0.1) is 5.82 Å². The standard InChI is InChI=1S/C22H32FN3O2/c1-2-26(20-10-4-3-5-11-20)21(27)17-24-12-7-13-25(15-14-24)22(28)18-8-6-9-19(23)16-18/h6,8-9,16,20H,2-5,7,10-15,17H2,1H3. The lowest BCUT2D eigenvalue weighted by Gasteiger charge is -2.35. The molecule has 154 valence electrons. The highest BCUT2D eigenvalue weighted by molar-refractivity contribution is 5.94. The quantitative estimate of drug-likeness (QED) is 0.777. The second-order valence-electron chi connectivity index (χ2n) is 7.90. The lowest BCUT2D eigenvalue weighted by molar-refractivity contribution is -0.135. The van der Waals surface area contributed by atoms with Crippen molar-refractivity contribution < 1.29 is 14.0 Å². The van der Waals surface area contributed by atoms with E-state index in [4.69, 9.17) is 0 Å².